The third kappa shape index (κ3) is 4.79. The third-order valence-corrected chi connectivity index (χ3v) is 3.22. The van der Waals surface area contributed by atoms with Gasteiger partial charge in [-0.3, -0.25) is 9.97 Å². The molecule has 0 aliphatic heterocycles. The van der Waals surface area contributed by atoms with Gasteiger partial charge in [-0.2, -0.15) is 4.79 Å². The maximum atomic E-state index is 9.50. The van der Waals surface area contributed by atoms with E-state index in [1.165, 1.54) is 0 Å². The molecule has 0 aromatic carbocycles. The fourth-order valence-corrected chi connectivity index (χ4v) is 2.39. The quantitative estimate of drug-likeness (QED) is 0.462. The molecular weight excluding hydrogens is 288 g/mol. The number of pyridine rings is 2. The van der Waals surface area contributed by atoms with Gasteiger partial charge in [-0.1, -0.05) is 0 Å². The largest absolute Gasteiger partial charge is 0.361 e. The lowest BCUT2D eigenvalue weighted by atomic mass is 10.0. The van der Waals surface area contributed by atoms with Gasteiger partial charge >= 0.3 is 5.71 Å². The Hall–Kier alpha value is -2.40. The van der Waals surface area contributed by atoms with Crippen molar-refractivity contribution in [2.45, 2.75) is 13.1 Å². The average Bonchev–Trinajstić information content (AvgIpc) is 2.47. The number of hydrogen-bond acceptors (Lipinski definition) is 4. The van der Waals surface area contributed by atoms with Crippen molar-refractivity contribution >= 4 is 5.71 Å². The summed E-state index contributed by atoms with van der Waals surface area (Å²) in [5, 5.41) is 0. The normalized spacial score (nSPS) is 10.9. The highest BCUT2D eigenvalue weighted by atomic mass is 15.1. The number of hydrogen-bond donors (Lipinski definition) is 0. The first-order valence-electron chi connectivity index (χ1n) is 7.41. The van der Waals surface area contributed by atoms with Gasteiger partial charge in [-0.15, -0.1) is 0 Å². The van der Waals surface area contributed by atoms with Crippen molar-refractivity contribution < 1.29 is 4.79 Å². The summed E-state index contributed by atoms with van der Waals surface area (Å²) in [6.45, 7) is 1.45. The van der Waals surface area contributed by atoms with E-state index in [4.69, 9.17) is 4.98 Å². The Balaban J connectivity index is 2.49. The second-order valence-electron chi connectivity index (χ2n) is 6.00. The standard InChI is InChI=1S/C17H22N6/c1-22(2)11-15-9-14(10-16(20-15)12-23(3)4)17(21-18)13-5-7-19-8-6-13/h5-10H,11-12H2,1-4H3. The molecule has 120 valence electrons. The highest BCUT2D eigenvalue weighted by Gasteiger charge is 2.18. The van der Waals surface area contributed by atoms with Crippen molar-refractivity contribution in [1.29, 1.82) is 0 Å². The van der Waals surface area contributed by atoms with Crippen LogP contribution in [0.3, 0.4) is 0 Å². The molecule has 0 unspecified atom stereocenters. The van der Waals surface area contributed by atoms with E-state index in [2.05, 4.69) is 19.6 Å². The summed E-state index contributed by atoms with van der Waals surface area (Å²) >= 11 is 0. The van der Waals surface area contributed by atoms with Gasteiger partial charge in [0.05, 0.1) is 22.5 Å². The molecular formula is C17H22N6. The Morgan fingerprint density at radius 3 is 1.91 bits per heavy atom. The van der Waals surface area contributed by atoms with E-state index in [-0.39, 0.29) is 0 Å². The molecule has 2 aromatic rings. The minimum Gasteiger partial charge on any atom is -0.361 e. The molecule has 0 bridgehead atoms. The van der Waals surface area contributed by atoms with Crippen LogP contribution in [0.1, 0.15) is 22.5 Å². The van der Waals surface area contributed by atoms with Crippen LogP contribution in [-0.2, 0) is 13.1 Å². The predicted molar refractivity (Wildman–Crippen MR) is 90.1 cm³/mol. The Bertz CT molecular complexity index is 674. The third-order valence-electron chi connectivity index (χ3n) is 3.22. The Kier molecular flexibility index (Phi) is 5.71. The maximum absolute atomic E-state index is 9.50. The average molecular weight is 310 g/mol. The van der Waals surface area contributed by atoms with Gasteiger partial charge in [0.1, 0.15) is 0 Å². The fraction of sp³-hybridized carbons (Fsp3) is 0.353. The van der Waals surface area contributed by atoms with Crippen LogP contribution >= 0.6 is 0 Å². The summed E-state index contributed by atoms with van der Waals surface area (Å²) in [5.41, 5.74) is 13.6. The first-order chi connectivity index (χ1) is 11.0. The molecule has 0 atom stereocenters. The Morgan fingerprint density at radius 1 is 0.957 bits per heavy atom. The van der Waals surface area contributed by atoms with Crippen LogP contribution < -0.4 is 0 Å². The van der Waals surface area contributed by atoms with Gasteiger partial charge in [0.2, 0.25) is 0 Å². The number of rotatable bonds is 6. The Labute approximate surface area is 137 Å². The molecule has 2 heterocycles. The number of aromatic nitrogens is 2. The molecule has 6 heteroatoms. The van der Waals surface area contributed by atoms with Gasteiger partial charge in [0.25, 0.3) is 0 Å². The van der Waals surface area contributed by atoms with Gasteiger partial charge in [-0.25, -0.2) is 0 Å². The van der Waals surface area contributed by atoms with Gasteiger partial charge in [-0.05, 0) is 52.5 Å². The topological polar surface area (TPSA) is 68.7 Å². The molecule has 0 amide bonds. The van der Waals surface area contributed by atoms with Crippen LogP contribution in [0.4, 0.5) is 0 Å². The van der Waals surface area contributed by atoms with Gasteiger partial charge in [0, 0.05) is 25.5 Å². The van der Waals surface area contributed by atoms with E-state index in [1.807, 2.05) is 52.5 Å². The summed E-state index contributed by atoms with van der Waals surface area (Å²) in [7, 11) is 8.02. The molecule has 0 spiro atoms. The smallest absolute Gasteiger partial charge is 0.329 e. The molecule has 0 saturated heterocycles. The molecule has 0 saturated carbocycles. The van der Waals surface area contributed by atoms with Gasteiger partial charge in [0.15, 0.2) is 0 Å². The molecule has 0 fully saturated rings. The molecule has 23 heavy (non-hydrogen) atoms. The van der Waals surface area contributed by atoms with Crippen molar-refractivity contribution in [3.05, 3.63) is 64.7 Å². The monoisotopic (exact) mass is 310 g/mol. The Morgan fingerprint density at radius 2 is 1.48 bits per heavy atom. The summed E-state index contributed by atoms with van der Waals surface area (Å²) in [6.07, 6.45) is 3.37. The van der Waals surface area contributed by atoms with Crippen LogP contribution in [-0.4, -0.2) is 58.5 Å². The first kappa shape index (κ1) is 17.0. The van der Waals surface area contributed by atoms with Crippen LogP contribution in [0.25, 0.3) is 5.53 Å². The summed E-state index contributed by atoms with van der Waals surface area (Å²) in [4.78, 5) is 16.3. The van der Waals surface area contributed by atoms with E-state index in [0.29, 0.717) is 5.71 Å². The molecule has 0 radical (unpaired) electrons. The summed E-state index contributed by atoms with van der Waals surface area (Å²) in [5.74, 6) is 0. The van der Waals surface area contributed by atoms with Crippen molar-refractivity contribution in [2.24, 2.45) is 0 Å². The second-order valence-corrected chi connectivity index (χ2v) is 6.00. The SMILES string of the molecule is CN(C)Cc1cc(C(=[N+]=[N-])c2ccncc2)cc(CN(C)C)n1. The minimum atomic E-state index is 0.523. The first-order valence-corrected chi connectivity index (χ1v) is 7.41. The fourth-order valence-electron chi connectivity index (χ4n) is 2.39. The van der Waals surface area contributed by atoms with E-state index < -0.39 is 0 Å². The summed E-state index contributed by atoms with van der Waals surface area (Å²) < 4.78 is 0. The zero-order valence-electron chi connectivity index (χ0n) is 14.1. The zero-order valence-corrected chi connectivity index (χ0v) is 14.1. The van der Waals surface area contributed by atoms with Crippen molar-refractivity contribution in [3.63, 3.8) is 0 Å². The molecule has 0 aliphatic rings. The van der Waals surface area contributed by atoms with Crippen LogP contribution in [0.15, 0.2) is 36.7 Å². The second kappa shape index (κ2) is 7.74. The van der Waals surface area contributed by atoms with E-state index in [1.54, 1.807) is 12.4 Å². The lowest BCUT2D eigenvalue weighted by molar-refractivity contribution is -0.00282. The maximum Gasteiger partial charge on any atom is 0.329 e. The lowest BCUT2D eigenvalue weighted by Gasteiger charge is -2.14. The van der Waals surface area contributed by atoms with E-state index in [0.717, 1.165) is 35.6 Å². The van der Waals surface area contributed by atoms with Crippen molar-refractivity contribution in [2.75, 3.05) is 28.2 Å². The van der Waals surface area contributed by atoms with E-state index >= 15 is 0 Å². The zero-order chi connectivity index (χ0) is 16.8. The van der Waals surface area contributed by atoms with Crippen LogP contribution in [0, 0.1) is 0 Å². The van der Waals surface area contributed by atoms with Crippen molar-refractivity contribution in [1.82, 2.24) is 19.8 Å². The molecule has 0 N–H and O–H groups in total. The number of nitrogens with zero attached hydrogens (tertiary/aromatic N) is 6. The minimum absolute atomic E-state index is 0.523. The molecule has 6 nitrogen and oxygen atoms in total. The lowest BCUT2D eigenvalue weighted by Crippen LogP contribution is -2.17. The van der Waals surface area contributed by atoms with Gasteiger partial charge < -0.3 is 15.3 Å². The van der Waals surface area contributed by atoms with Crippen molar-refractivity contribution in [3.8, 4) is 0 Å². The molecule has 2 rings (SSSR count). The highest BCUT2D eigenvalue weighted by molar-refractivity contribution is 6.09. The molecule has 0 aliphatic carbocycles. The predicted octanol–water partition coefficient (Wildman–Crippen LogP) is 1.67. The summed E-state index contributed by atoms with van der Waals surface area (Å²) in [6, 6.07) is 7.59. The molecule has 2 aromatic heterocycles. The van der Waals surface area contributed by atoms with Crippen LogP contribution in [0.5, 0.6) is 0 Å². The van der Waals surface area contributed by atoms with Crippen LogP contribution in [0.2, 0.25) is 0 Å². The highest BCUT2D eigenvalue weighted by Crippen LogP contribution is 2.13. The van der Waals surface area contributed by atoms with E-state index in [9.17, 15) is 5.53 Å².